The Morgan fingerprint density at radius 2 is 1.32 bits per heavy atom. The highest BCUT2D eigenvalue weighted by Gasteiger charge is 2.06. The maximum atomic E-state index is 11.3. The van der Waals surface area contributed by atoms with Crippen molar-refractivity contribution in [3.05, 3.63) is 0 Å². The van der Waals surface area contributed by atoms with Gasteiger partial charge in [0.05, 0.1) is 46.2 Å². The number of ether oxygens (including phenoxy) is 4. The predicted octanol–water partition coefficient (Wildman–Crippen LogP) is 1.10. The van der Waals surface area contributed by atoms with Crippen molar-refractivity contribution in [3.63, 3.8) is 0 Å². The van der Waals surface area contributed by atoms with Gasteiger partial charge < -0.3 is 24.3 Å². The van der Waals surface area contributed by atoms with Crippen LogP contribution >= 0.6 is 12.6 Å². The van der Waals surface area contributed by atoms with Crippen LogP contribution in [0.3, 0.4) is 0 Å². The van der Waals surface area contributed by atoms with Crippen molar-refractivity contribution in [3.8, 4) is 0 Å². The second kappa shape index (κ2) is 16.8. The standard InChI is InChI=1S/C17H33NO6S/c1-14(2)16(19)13-24-11-10-23-9-8-22-7-6-21-5-4-18-17(20)12-15(3)25/h14-15,25H,4-13H2,1-3H3,(H,18,20). The second-order valence-electron chi connectivity index (χ2n) is 5.91. The average Bonchev–Trinajstić information content (AvgIpc) is 2.54. The molecule has 0 aromatic heterocycles. The van der Waals surface area contributed by atoms with Crippen molar-refractivity contribution in [2.24, 2.45) is 5.92 Å². The van der Waals surface area contributed by atoms with Gasteiger partial charge in [-0.2, -0.15) is 12.6 Å². The van der Waals surface area contributed by atoms with Crippen LogP contribution in [0, 0.1) is 5.92 Å². The molecule has 148 valence electrons. The summed E-state index contributed by atoms with van der Waals surface area (Å²) >= 11 is 4.16. The van der Waals surface area contributed by atoms with E-state index in [0.717, 1.165) is 0 Å². The molecule has 25 heavy (non-hydrogen) atoms. The Kier molecular flexibility index (Phi) is 16.3. The number of nitrogens with one attached hydrogen (secondary N) is 1. The van der Waals surface area contributed by atoms with Gasteiger partial charge in [-0.25, -0.2) is 0 Å². The van der Waals surface area contributed by atoms with Crippen molar-refractivity contribution in [1.82, 2.24) is 5.32 Å². The van der Waals surface area contributed by atoms with Crippen molar-refractivity contribution in [2.75, 3.05) is 59.4 Å². The molecule has 7 nitrogen and oxygen atoms in total. The van der Waals surface area contributed by atoms with Gasteiger partial charge in [-0.3, -0.25) is 9.59 Å². The molecule has 0 saturated heterocycles. The third-order valence-corrected chi connectivity index (χ3v) is 3.24. The number of rotatable bonds is 17. The summed E-state index contributed by atoms with van der Waals surface area (Å²) in [5.41, 5.74) is 0. The Bertz CT molecular complexity index is 352. The highest BCUT2D eigenvalue weighted by atomic mass is 32.1. The molecular weight excluding hydrogens is 346 g/mol. The first-order valence-electron chi connectivity index (χ1n) is 8.72. The first-order valence-corrected chi connectivity index (χ1v) is 9.23. The van der Waals surface area contributed by atoms with Gasteiger partial charge >= 0.3 is 0 Å². The van der Waals surface area contributed by atoms with Crippen LogP contribution < -0.4 is 5.32 Å². The Morgan fingerprint density at radius 3 is 1.80 bits per heavy atom. The molecule has 0 spiro atoms. The smallest absolute Gasteiger partial charge is 0.221 e. The summed E-state index contributed by atoms with van der Waals surface area (Å²) in [4.78, 5) is 22.6. The lowest BCUT2D eigenvalue weighted by atomic mass is 10.1. The van der Waals surface area contributed by atoms with Gasteiger partial charge in [-0.1, -0.05) is 20.8 Å². The normalized spacial score (nSPS) is 12.4. The molecule has 1 amide bonds. The molecule has 1 atom stereocenters. The minimum Gasteiger partial charge on any atom is -0.377 e. The summed E-state index contributed by atoms with van der Waals surface area (Å²) < 4.78 is 21.2. The number of Topliss-reactive ketones (excluding diaryl/α,β-unsaturated/α-hetero) is 1. The molecule has 8 heteroatoms. The van der Waals surface area contributed by atoms with Gasteiger partial charge in [0.25, 0.3) is 0 Å². The Balaban J connectivity index is 3.17. The number of carbonyl (C=O) groups is 2. The summed E-state index contributed by atoms with van der Waals surface area (Å²) in [7, 11) is 0. The van der Waals surface area contributed by atoms with Crippen LogP contribution in [-0.2, 0) is 28.5 Å². The molecule has 1 N–H and O–H groups in total. The lowest BCUT2D eigenvalue weighted by Crippen LogP contribution is -2.29. The first kappa shape index (κ1) is 24.3. The van der Waals surface area contributed by atoms with E-state index in [-0.39, 0.29) is 29.5 Å². The van der Waals surface area contributed by atoms with Crippen molar-refractivity contribution in [2.45, 2.75) is 32.4 Å². The number of hydrogen-bond acceptors (Lipinski definition) is 7. The molecular formula is C17H33NO6S. The van der Waals surface area contributed by atoms with Crippen molar-refractivity contribution < 1.29 is 28.5 Å². The summed E-state index contributed by atoms with van der Waals surface area (Å²) in [5, 5.41) is 2.82. The Hall–Kier alpha value is -0.670. The monoisotopic (exact) mass is 379 g/mol. The van der Waals surface area contributed by atoms with E-state index in [0.29, 0.717) is 59.2 Å². The van der Waals surface area contributed by atoms with E-state index in [2.05, 4.69) is 17.9 Å². The third-order valence-electron chi connectivity index (χ3n) is 3.05. The minimum absolute atomic E-state index is 0.00421. The van der Waals surface area contributed by atoms with Crippen LogP contribution in [0.2, 0.25) is 0 Å². The number of amides is 1. The van der Waals surface area contributed by atoms with Gasteiger partial charge in [0, 0.05) is 24.1 Å². The van der Waals surface area contributed by atoms with Gasteiger partial charge in [0.2, 0.25) is 5.91 Å². The molecule has 0 radical (unpaired) electrons. The number of thiol groups is 1. The van der Waals surface area contributed by atoms with Gasteiger partial charge in [-0.15, -0.1) is 0 Å². The molecule has 0 aliphatic rings. The highest BCUT2D eigenvalue weighted by molar-refractivity contribution is 7.80. The van der Waals surface area contributed by atoms with Crippen LogP contribution in [0.5, 0.6) is 0 Å². The molecule has 0 fully saturated rings. The van der Waals surface area contributed by atoms with E-state index in [4.69, 9.17) is 18.9 Å². The van der Waals surface area contributed by atoms with Crippen LogP contribution in [-0.4, -0.2) is 76.3 Å². The number of carbonyl (C=O) groups excluding carboxylic acids is 2. The number of hydrogen-bond donors (Lipinski definition) is 2. The van der Waals surface area contributed by atoms with E-state index in [1.165, 1.54) is 0 Å². The van der Waals surface area contributed by atoms with Gasteiger partial charge in [-0.05, 0) is 0 Å². The Labute approximate surface area is 156 Å². The molecule has 0 saturated carbocycles. The summed E-state index contributed by atoms with van der Waals surface area (Å²) in [6.07, 6.45) is 0.408. The summed E-state index contributed by atoms with van der Waals surface area (Å²) in [5.74, 6) is 0.0840. The fraction of sp³-hybridized carbons (Fsp3) is 0.882. The molecule has 0 aliphatic heterocycles. The van der Waals surface area contributed by atoms with E-state index >= 15 is 0 Å². The van der Waals surface area contributed by atoms with Gasteiger partial charge in [0.15, 0.2) is 5.78 Å². The SMILES string of the molecule is CC(S)CC(=O)NCCOCCOCCOCCOCC(=O)C(C)C. The van der Waals surface area contributed by atoms with Crippen molar-refractivity contribution in [1.29, 1.82) is 0 Å². The molecule has 0 heterocycles. The quantitative estimate of drug-likeness (QED) is 0.291. The average molecular weight is 380 g/mol. The molecule has 0 bridgehead atoms. The van der Waals surface area contributed by atoms with E-state index < -0.39 is 0 Å². The van der Waals surface area contributed by atoms with Crippen LogP contribution in [0.4, 0.5) is 0 Å². The maximum absolute atomic E-state index is 11.3. The predicted molar refractivity (Wildman–Crippen MR) is 99.2 cm³/mol. The fourth-order valence-corrected chi connectivity index (χ4v) is 1.77. The van der Waals surface area contributed by atoms with Crippen molar-refractivity contribution >= 4 is 24.3 Å². The lowest BCUT2D eigenvalue weighted by molar-refractivity contribution is -0.127. The van der Waals surface area contributed by atoms with Crippen LogP contribution in [0.15, 0.2) is 0 Å². The molecule has 0 rings (SSSR count). The molecule has 0 aromatic rings. The lowest BCUT2D eigenvalue weighted by Gasteiger charge is -2.09. The van der Waals surface area contributed by atoms with E-state index in [9.17, 15) is 9.59 Å². The molecule has 0 aliphatic carbocycles. The minimum atomic E-state index is -0.0166. The topological polar surface area (TPSA) is 83.1 Å². The zero-order valence-corrected chi connectivity index (χ0v) is 16.5. The molecule has 1 unspecified atom stereocenters. The Morgan fingerprint density at radius 1 is 0.840 bits per heavy atom. The van der Waals surface area contributed by atoms with Crippen LogP contribution in [0.1, 0.15) is 27.2 Å². The third kappa shape index (κ3) is 17.9. The van der Waals surface area contributed by atoms with Crippen LogP contribution in [0.25, 0.3) is 0 Å². The zero-order valence-electron chi connectivity index (χ0n) is 15.6. The van der Waals surface area contributed by atoms with E-state index in [1.807, 2.05) is 20.8 Å². The fourth-order valence-electron chi connectivity index (χ4n) is 1.60. The summed E-state index contributed by atoms with van der Waals surface area (Å²) in [6.45, 7) is 9.40. The first-order chi connectivity index (χ1) is 11.9. The zero-order chi connectivity index (χ0) is 18.9. The van der Waals surface area contributed by atoms with Gasteiger partial charge in [0.1, 0.15) is 6.61 Å². The highest BCUT2D eigenvalue weighted by Crippen LogP contribution is 1.97. The maximum Gasteiger partial charge on any atom is 0.221 e. The van der Waals surface area contributed by atoms with E-state index in [1.54, 1.807) is 0 Å². The summed E-state index contributed by atoms with van der Waals surface area (Å²) in [6, 6.07) is 0. The largest absolute Gasteiger partial charge is 0.377 e. The molecule has 0 aromatic carbocycles. The number of ketones is 1. The second-order valence-corrected chi connectivity index (χ2v) is 6.80.